The van der Waals surface area contributed by atoms with E-state index in [1.165, 1.54) is 12.1 Å². The molecule has 118 valence electrons. The molecule has 1 aromatic rings. The first-order valence-electron chi connectivity index (χ1n) is 7.37. The van der Waals surface area contributed by atoms with Crippen molar-refractivity contribution in [1.82, 2.24) is 10.0 Å². The second kappa shape index (κ2) is 6.85. The van der Waals surface area contributed by atoms with Crippen molar-refractivity contribution >= 4 is 10.0 Å². The molecule has 2 N–H and O–H groups in total. The molecule has 6 heteroatoms. The van der Waals surface area contributed by atoms with Crippen LogP contribution in [0.3, 0.4) is 0 Å². The van der Waals surface area contributed by atoms with E-state index in [2.05, 4.69) is 17.0 Å². The smallest absolute Gasteiger partial charge is 0.241 e. The summed E-state index contributed by atoms with van der Waals surface area (Å²) in [5.74, 6) is -0.0111. The van der Waals surface area contributed by atoms with Crippen LogP contribution >= 0.6 is 0 Å². The summed E-state index contributed by atoms with van der Waals surface area (Å²) in [5.41, 5.74) is 0.579. The summed E-state index contributed by atoms with van der Waals surface area (Å²) in [7, 11) is -1.96. The second-order valence-corrected chi connectivity index (χ2v) is 7.55. The van der Waals surface area contributed by atoms with E-state index in [0.29, 0.717) is 18.0 Å². The molecule has 1 saturated carbocycles. The van der Waals surface area contributed by atoms with Crippen molar-refractivity contribution in [2.24, 2.45) is 5.92 Å². The zero-order valence-corrected chi connectivity index (χ0v) is 13.3. The van der Waals surface area contributed by atoms with Crippen LogP contribution in [0.25, 0.3) is 0 Å². The minimum absolute atomic E-state index is 0.0371. The number of sulfonamides is 1. The fourth-order valence-electron chi connectivity index (χ4n) is 2.94. The Balaban J connectivity index is 2.24. The van der Waals surface area contributed by atoms with Gasteiger partial charge in [0, 0.05) is 12.6 Å². The van der Waals surface area contributed by atoms with Crippen LogP contribution in [0.15, 0.2) is 23.1 Å². The average Bonchev–Trinajstić information content (AvgIpc) is 2.40. The van der Waals surface area contributed by atoms with Crippen molar-refractivity contribution in [2.45, 2.75) is 50.1 Å². The monoisotopic (exact) mass is 314 g/mol. The molecule has 1 fully saturated rings. The van der Waals surface area contributed by atoms with Gasteiger partial charge < -0.3 is 5.32 Å². The summed E-state index contributed by atoms with van der Waals surface area (Å²) in [4.78, 5) is 0.0371. The number of halogens is 1. The highest BCUT2D eigenvalue weighted by atomic mass is 32.2. The lowest BCUT2D eigenvalue weighted by Crippen LogP contribution is -2.38. The Morgan fingerprint density at radius 2 is 2.10 bits per heavy atom. The van der Waals surface area contributed by atoms with Crippen LogP contribution in [0.4, 0.5) is 4.39 Å². The predicted octanol–water partition coefficient (Wildman–Crippen LogP) is 2.40. The Morgan fingerprint density at radius 3 is 2.76 bits per heavy atom. The SMILES string of the molecule is CNCc1ccc(F)cc1S(=O)(=O)NC1CCCC(C)C1. The van der Waals surface area contributed by atoms with Crippen LogP contribution in [0.1, 0.15) is 38.2 Å². The molecule has 1 aromatic carbocycles. The van der Waals surface area contributed by atoms with Gasteiger partial charge in [-0.25, -0.2) is 17.5 Å². The first-order chi connectivity index (χ1) is 9.92. The summed E-state index contributed by atoms with van der Waals surface area (Å²) in [6.45, 7) is 2.52. The Morgan fingerprint density at radius 1 is 1.33 bits per heavy atom. The summed E-state index contributed by atoms with van der Waals surface area (Å²) in [5, 5.41) is 2.91. The van der Waals surface area contributed by atoms with E-state index >= 15 is 0 Å². The fraction of sp³-hybridized carbons (Fsp3) is 0.600. The van der Waals surface area contributed by atoms with E-state index in [4.69, 9.17) is 0 Å². The van der Waals surface area contributed by atoms with E-state index in [1.54, 1.807) is 7.05 Å². The van der Waals surface area contributed by atoms with Crippen molar-refractivity contribution in [3.8, 4) is 0 Å². The number of hydrogen-bond acceptors (Lipinski definition) is 3. The summed E-state index contributed by atoms with van der Waals surface area (Å²) in [6.07, 6.45) is 3.86. The van der Waals surface area contributed by atoms with E-state index in [9.17, 15) is 12.8 Å². The van der Waals surface area contributed by atoms with Gasteiger partial charge in [-0.05, 0) is 43.5 Å². The molecular formula is C15H23FN2O2S. The topological polar surface area (TPSA) is 58.2 Å². The third-order valence-corrected chi connectivity index (χ3v) is 5.55. The summed E-state index contributed by atoms with van der Waals surface area (Å²) in [6, 6.07) is 3.85. The molecule has 0 amide bonds. The van der Waals surface area contributed by atoms with Crippen molar-refractivity contribution < 1.29 is 12.8 Å². The zero-order valence-electron chi connectivity index (χ0n) is 12.5. The van der Waals surface area contributed by atoms with Crippen LogP contribution in [0.2, 0.25) is 0 Å². The van der Waals surface area contributed by atoms with E-state index in [-0.39, 0.29) is 10.9 Å². The van der Waals surface area contributed by atoms with E-state index in [1.807, 2.05) is 0 Å². The van der Waals surface area contributed by atoms with Crippen LogP contribution in [-0.2, 0) is 16.6 Å². The quantitative estimate of drug-likeness (QED) is 0.877. The van der Waals surface area contributed by atoms with Gasteiger partial charge in [-0.2, -0.15) is 0 Å². The van der Waals surface area contributed by atoms with Crippen LogP contribution < -0.4 is 10.0 Å². The fourth-order valence-corrected chi connectivity index (χ4v) is 4.47. The molecule has 0 aromatic heterocycles. The summed E-state index contributed by atoms with van der Waals surface area (Å²) < 4.78 is 41.3. The molecule has 2 rings (SSSR count). The molecule has 0 spiro atoms. The first kappa shape index (κ1) is 16.4. The maximum Gasteiger partial charge on any atom is 0.241 e. The maximum absolute atomic E-state index is 13.4. The van der Waals surface area contributed by atoms with Gasteiger partial charge in [0.2, 0.25) is 10.0 Å². The normalized spacial score (nSPS) is 23.2. The Bertz CT molecular complexity index is 589. The van der Waals surface area contributed by atoms with Crippen LogP contribution in [-0.4, -0.2) is 21.5 Å². The lowest BCUT2D eigenvalue weighted by molar-refractivity contribution is 0.327. The number of nitrogens with one attached hydrogen (secondary N) is 2. The highest BCUT2D eigenvalue weighted by Gasteiger charge is 2.26. The third-order valence-electron chi connectivity index (χ3n) is 3.94. The van der Waals surface area contributed by atoms with Gasteiger partial charge in [0.05, 0.1) is 4.90 Å². The minimum Gasteiger partial charge on any atom is -0.316 e. The molecule has 0 radical (unpaired) electrons. The first-order valence-corrected chi connectivity index (χ1v) is 8.86. The lowest BCUT2D eigenvalue weighted by atomic mass is 9.88. The van der Waals surface area contributed by atoms with Crippen molar-refractivity contribution in [3.05, 3.63) is 29.6 Å². The minimum atomic E-state index is -3.69. The van der Waals surface area contributed by atoms with Gasteiger partial charge in [-0.1, -0.05) is 25.8 Å². The highest BCUT2D eigenvalue weighted by Crippen LogP contribution is 2.26. The molecule has 2 unspecified atom stereocenters. The Labute approximate surface area is 126 Å². The molecule has 21 heavy (non-hydrogen) atoms. The van der Waals surface area contributed by atoms with Crippen molar-refractivity contribution in [3.63, 3.8) is 0 Å². The summed E-state index contributed by atoms with van der Waals surface area (Å²) >= 11 is 0. The molecule has 0 saturated heterocycles. The molecule has 2 atom stereocenters. The second-order valence-electron chi connectivity index (χ2n) is 5.87. The Kier molecular flexibility index (Phi) is 5.35. The van der Waals surface area contributed by atoms with E-state index < -0.39 is 15.8 Å². The molecule has 4 nitrogen and oxygen atoms in total. The zero-order chi connectivity index (χ0) is 15.5. The van der Waals surface area contributed by atoms with Gasteiger partial charge in [0.1, 0.15) is 5.82 Å². The molecule has 1 aliphatic carbocycles. The lowest BCUT2D eigenvalue weighted by Gasteiger charge is -2.27. The molecule has 0 bridgehead atoms. The molecule has 0 heterocycles. The van der Waals surface area contributed by atoms with Crippen molar-refractivity contribution in [2.75, 3.05) is 7.05 Å². The van der Waals surface area contributed by atoms with Gasteiger partial charge in [0.15, 0.2) is 0 Å². The predicted molar refractivity (Wildman–Crippen MR) is 80.9 cm³/mol. The van der Waals surface area contributed by atoms with Gasteiger partial charge >= 0.3 is 0 Å². The average molecular weight is 314 g/mol. The van der Waals surface area contributed by atoms with Gasteiger partial charge in [-0.3, -0.25) is 0 Å². The molecule has 1 aliphatic rings. The standard InChI is InChI=1S/C15H23FN2O2S/c1-11-4-3-5-14(8-11)18-21(19,20)15-9-13(16)7-6-12(15)10-17-2/h6-7,9,11,14,17-18H,3-5,8,10H2,1-2H3. The molecule has 0 aliphatic heterocycles. The molecular weight excluding hydrogens is 291 g/mol. The van der Waals surface area contributed by atoms with Crippen LogP contribution in [0, 0.1) is 11.7 Å². The van der Waals surface area contributed by atoms with Crippen LogP contribution in [0.5, 0.6) is 0 Å². The number of hydrogen-bond donors (Lipinski definition) is 2. The highest BCUT2D eigenvalue weighted by molar-refractivity contribution is 7.89. The Hall–Kier alpha value is -0.980. The number of rotatable bonds is 5. The largest absolute Gasteiger partial charge is 0.316 e. The van der Waals surface area contributed by atoms with Gasteiger partial charge in [0.25, 0.3) is 0 Å². The number of benzene rings is 1. The van der Waals surface area contributed by atoms with Crippen molar-refractivity contribution in [1.29, 1.82) is 0 Å². The van der Waals surface area contributed by atoms with E-state index in [0.717, 1.165) is 31.7 Å². The maximum atomic E-state index is 13.4. The third kappa shape index (κ3) is 4.25. The van der Waals surface area contributed by atoms with Gasteiger partial charge in [-0.15, -0.1) is 0 Å².